The van der Waals surface area contributed by atoms with Gasteiger partial charge in [-0.15, -0.1) is 0 Å². The molecule has 0 unspecified atom stereocenters. The fraction of sp³-hybridized carbons (Fsp3) is 0.583. The van der Waals surface area contributed by atoms with Crippen molar-refractivity contribution in [3.63, 3.8) is 0 Å². The van der Waals surface area contributed by atoms with Crippen LogP contribution in [0.5, 0.6) is 0 Å². The van der Waals surface area contributed by atoms with E-state index in [0.717, 1.165) is 25.7 Å². The van der Waals surface area contributed by atoms with Crippen LogP contribution < -0.4 is 4.90 Å². The van der Waals surface area contributed by atoms with Crippen molar-refractivity contribution in [2.45, 2.75) is 37.8 Å². The summed E-state index contributed by atoms with van der Waals surface area (Å²) in [7, 11) is 2.12. The summed E-state index contributed by atoms with van der Waals surface area (Å²) in [5.74, 6) is 0. The first kappa shape index (κ1) is 10.4. The molecule has 1 N–H and O–H groups in total. The Labute approximate surface area is 90.8 Å². The van der Waals surface area contributed by atoms with Crippen molar-refractivity contribution in [2.24, 2.45) is 0 Å². The minimum atomic E-state index is -0.0768. The summed E-state index contributed by atoms with van der Waals surface area (Å²) in [5, 5.41) is 9.45. The SMILES string of the molecule is CN(c1ccncc1)C1CCC(O)CC1. The van der Waals surface area contributed by atoms with Gasteiger partial charge in [-0.2, -0.15) is 0 Å². The summed E-state index contributed by atoms with van der Waals surface area (Å²) >= 11 is 0. The molecule has 3 heteroatoms. The standard InChI is InChI=1S/C12H18N2O/c1-14(11-6-8-13-9-7-11)10-2-4-12(15)5-3-10/h6-10,12,15H,2-5H2,1H3. The first-order valence-electron chi connectivity index (χ1n) is 5.58. The minimum absolute atomic E-state index is 0.0768. The van der Waals surface area contributed by atoms with Gasteiger partial charge >= 0.3 is 0 Å². The van der Waals surface area contributed by atoms with Crippen LogP contribution in [0, 0.1) is 0 Å². The van der Waals surface area contributed by atoms with E-state index in [2.05, 4.69) is 16.9 Å². The highest BCUT2D eigenvalue weighted by Crippen LogP contribution is 2.25. The number of aliphatic hydroxyl groups excluding tert-OH is 1. The van der Waals surface area contributed by atoms with Crippen LogP contribution in [-0.4, -0.2) is 29.3 Å². The largest absolute Gasteiger partial charge is 0.393 e. The van der Waals surface area contributed by atoms with Gasteiger partial charge < -0.3 is 10.0 Å². The van der Waals surface area contributed by atoms with Gasteiger partial charge in [0.25, 0.3) is 0 Å². The molecule has 1 aliphatic rings. The predicted molar refractivity (Wildman–Crippen MR) is 60.9 cm³/mol. The highest BCUT2D eigenvalue weighted by Gasteiger charge is 2.22. The highest BCUT2D eigenvalue weighted by molar-refractivity contribution is 5.44. The van der Waals surface area contributed by atoms with Gasteiger partial charge in [0.1, 0.15) is 0 Å². The van der Waals surface area contributed by atoms with Crippen molar-refractivity contribution in [2.75, 3.05) is 11.9 Å². The van der Waals surface area contributed by atoms with Crippen molar-refractivity contribution in [3.05, 3.63) is 24.5 Å². The van der Waals surface area contributed by atoms with Crippen LogP contribution in [-0.2, 0) is 0 Å². The lowest BCUT2D eigenvalue weighted by molar-refractivity contribution is 0.122. The third-order valence-electron chi connectivity index (χ3n) is 3.28. The molecule has 0 bridgehead atoms. The summed E-state index contributed by atoms with van der Waals surface area (Å²) in [5.41, 5.74) is 1.21. The van der Waals surface area contributed by atoms with Crippen LogP contribution in [0.15, 0.2) is 24.5 Å². The second-order valence-corrected chi connectivity index (χ2v) is 4.28. The zero-order chi connectivity index (χ0) is 10.7. The van der Waals surface area contributed by atoms with Gasteiger partial charge in [-0.05, 0) is 37.8 Å². The van der Waals surface area contributed by atoms with E-state index in [1.54, 1.807) is 0 Å². The van der Waals surface area contributed by atoms with Gasteiger partial charge in [0, 0.05) is 31.2 Å². The maximum Gasteiger partial charge on any atom is 0.0541 e. The fourth-order valence-electron chi connectivity index (χ4n) is 2.24. The van der Waals surface area contributed by atoms with Crippen molar-refractivity contribution >= 4 is 5.69 Å². The zero-order valence-electron chi connectivity index (χ0n) is 9.13. The molecule has 0 radical (unpaired) electrons. The van der Waals surface area contributed by atoms with Crippen LogP contribution in [0.25, 0.3) is 0 Å². The lowest BCUT2D eigenvalue weighted by Crippen LogP contribution is -2.36. The quantitative estimate of drug-likeness (QED) is 0.802. The van der Waals surface area contributed by atoms with Crippen LogP contribution in [0.4, 0.5) is 5.69 Å². The third-order valence-corrected chi connectivity index (χ3v) is 3.28. The Hall–Kier alpha value is -1.09. The molecule has 0 aromatic carbocycles. The Morgan fingerprint density at radius 1 is 1.20 bits per heavy atom. The molecule has 1 heterocycles. The molecule has 2 rings (SSSR count). The zero-order valence-corrected chi connectivity index (χ0v) is 9.13. The average Bonchev–Trinajstić information content (AvgIpc) is 2.30. The molecule has 0 aliphatic heterocycles. The summed E-state index contributed by atoms with van der Waals surface area (Å²) in [6.07, 6.45) is 7.60. The molecule has 15 heavy (non-hydrogen) atoms. The molecular formula is C12H18N2O. The summed E-state index contributed by atoms with van der Waals surface area (Å²) in [4.78, 5) is 6.32. The molecule has 0 atom stereocenters. The maximum absolute atomic E-state index is 9.45. The molecular weight excluding hydrogens is 188 g/mol. The Kier molecular flexibility index (Phi) is 3.21. The van der Waals surface area contributed by atoms with Gasteiger partial charge in [-0.3, -0.25) is 4.98 Å². The molecule has 1 aromatic heterocycles. The predicted octanol–water partition coefficient (Wildman–Crippen LogP) is 1.82. The van der Waals surface area contributed by atoms with Crippen LogP contribution in [0.2, 0.25) is 0 Å². The molecule has 0 amide bonds. The number of rotatable bonds is 2. The molecule has 1 aromatic rings. The third kappa shape index (κ3) is 2.48. The Morgan fingerprint density at radius 2 is 1.80 bits per heavy atom. The van der Waals surface area contributed by atoms with Gasteiger partial charge in [-0.1, -0.05) is 0 Å². The van der Waals surface area contributed by atoms with E-state index in [-0.39, 0.29) is 6.10 Å². The summed E-state index contributed by atoms with van der Waals surface area (Å²) in [6.45, 7) is 0. The smallest absolute Gasteiger partial charge is 0.0541 e. The van der Waals surface area contributed by atoms with E-state index in [9.17, 15) is 5.11 Å². The monoisotopic (exact) mass is 206 g/mol. The van der Waals surface area contributed by atoms with E-state index in [1.165, 1.54) is 5.69 Å². The van der Waals surface area contributed by atoms with Crippen LogP contribution in [0.1, 0.15) is 25.7 Å². The average molecular weight is 206 g/mol. The van der Waals surface area contributed by atoms with Crippen molar-refractivity contribution in [1.29, 1.82) is 0 Å². The van der Waals surface area contributed by atoms with Gasteiger partial charge in [0.2, 0.25) is 0 Å². The first-order valence-corrected chi connectivity index (χ1v) is 5.58. The lowest BCUT2D eigenvalue weighted by Gasteiger charge is -2.34. The molecule has 1 fully saturated rings. The van der Waals surface area contributed by atoms with E-state index in [4.69, 9.17) is 0 Å². The van der Waals surface area contributed by atoms with Gasteiger partial charge in [-0.25, -0.2) is 0 Å². The molecule has 82 valence electrons. The lowest BCUT2D eigenvalue weighted by atomic mass is 9.92. The fourth-order valence-corrected chi connectivity index (χ4v) is 2.24. The topological polar surface area (TPSA) is 36.4 Å². The Balaban J connectivity index is 1.99. The van der Waals surface area contributed by atoms with Crippen LogP contribution >= 0.6 is 0 Å². The van der Waals surface area contributed by atoms with Gasteiger partial charge in [0.05, 0.1) is 6.10 Å². The minimum Gasteiger partial charge on any atom is -0.393 e. The second-order valence-electron chi connectivity index (χ2n) is 4.28. The molecule has 0 saturated heterocycles. The normalized spacial score (nSPS) is 26.3. The van der Waals surface area contributed by atoms with Crippen LogP contribution in [0.3, 0.4) is 0 Å². The number of anilines is 1. The van der Waals surface area contributed by atoms with Crippen molar-refractivity contribution in [3.8, 4) is 0 Å². The number of hydrogen-bond acceptors (Lipinski definition) is 3. The number of pyridine rings is 1. The Bertz CT molecular complexity index is 294. The first-order chi connectivity index (χ1) is 7.27. The van der Waals surface area contributed by atoms with E-state index < -0.39 is 0 Å². The number of aliphatic hydroxyl groups is 1. The maximum atomic E-state index is 9.45. The summed E-state index contributed by atoms with van der Waals surface area (Å²) in [6, 6.07) is 4.63. The highest BCUT2D eigenvalue weighted by atomic mass is 16.3. The van der Waals surface area contributed by atoms with E-state index >= 15 is 0 Å². The number of hydrogen-bond donors (Lipinski definition) is 1. The Morgan fingerprint density at radius 3 is 2.40 bits per heavy atom. The van der Waals surface area contributed by atoms with E-state index in [1.807, 2.05) is 24.5 Å². The van der Waals surface area contributed by atoms with Crippen molar-refractivity contribution < 1.29 is 5.11 Å². The molecule has 0 spiro atoms. The number of aromatic nitrogens is 1. The van der Waals surface area contributed by atoms with Gasteiger partial charge in [0.15, 0.2) is 0 Å². The van der Waals surface area contributed by atoms with E-state index in [0.29, 0.717) is 6.04 Å². The molecule has 3 nitrogen and oxygen atoms in total. The number of nitrogens with zero attached hydrogens (tertiary/aromatic N) is 2. The molecule has 1 aliphatic carbocycles. The van der Waals surface area contributed by atoms with Crippen molar-refractivity contribution in [1.82, 2.24) is 4.98 Å². The molecule has 1 saturated carbocycles. The second kappa shape index (κ2) is 4.62. The summed E-state index contributed by atoms with van der Waals surface area (Å²) < 4.78 is 0.